The molecule has 0 fully saturated rings. The van der Waals surface area contributed by atoms with Gasteiger partial charge in [0.25, 0.3) is 0 Å². The highest BCUT2D eigenvalue weighted by Crippen LogP contribution is 2.20. The molecule has 4 nitrogen and oxygen atoms in total. The molecule has 0 atom stereocenters. The van der Waals surface area contributed by atoms with Crippen LogP contribution < -0.4 is 5.32 Å². The predicted molar refractivity (Wildman–Crippen MR) is 72.4 cm³/mol. The first-order valence-electron chi connectivity index (χ1n) is 5.51. The number of H-pyrrole nitrogens is 1. The summed E-state index contributed by atoms with van der Waals surface area (Å²) in [7, 11) is 0. The van der Waals surface area contributed by atoms with E-state index in [9.17, 15) is 9.18 Å². The highest BCUT2D eigenvalue weighted by molar-refractivity contribution is 6.32. The Balaban J connectivity index is 2.11. The Kier molecular flexibility index (Phi) is 3.97. The molecule has 0 radical (unpaired) electrons. The van der Waals surface area contributed by atoms with Crippen molar-refractivity contribution >= 4 is 29.4 Å². The van der Waals surface area contributed by atoms with Gasteiger partial charge in [0, 0.05) is 17.2 Å². The number of carbonyl (C=O) groups excluding carboxylic acids is 1. The van der Waals surface area contributed by atoms with Crippen molar-refractivity contribution in [3.8, 4) is 0 Å². The number of aromatic nitrogens is 2. The minimum Gasteiger partial charge on any atom is -0.307 e. The van der Waals surface area contributed by atoms with E-state index in [-0.39, 0.29) is 10.6 Å². The number of hydrogen-bond donors (Lipinski definition) is 2. The molecule has 2 rings (SSSR count). The highest BCUT2D eigenvalue weighted by Gasteiger charge is 2.05. The number of hydrogen-bond acceptors (Lipinski definition) is 2. The maximum absolute atomic E-state index is 13.5. The van der Waals surface area contributed by atoms with Gasteiger partial charge in [-0.15, -0.1) is 0 Å². The van der Waals surface area contributed by atoms with E-state index in [0.717, 1.165) is 5.56 Å². The predicted octanol–water partition coefficient (Wildman–Crippen LogP) is 3.16. The summed E-state index contributed by atoms with van der Waals surface area (Å²) >= 11 is 5.84. The maximum atomic E-state index is 13.5. The topological polar surface area (TPSA) is 57.8 Å². The lowest BCUT2D eigenvalue weighted by molar-refractivity contribution is -0.111. The molecule has 2 aromatic rings. The van der Waals surface area contributed by atoms with Gasteiger partial charge in [0.15, 0.2) is 0 Å². The minimum absolute atomic E-state index is 0.181. The lowest BCUT2D eigenvalue weighted by atomic mass is 10.2. The van der Waals surface area contributed by atoms with E-state index in [1.165, 1.54) is 24.3 Å². The summed E-state index contributed by atoms with van der Waals surface area (Å²) in [5, 5.41) is 9.26. The van der Waals surface area contributed by atoms with Gasteiger partial charge in [-0.25, -0.2) is 4.39 Å². The van der Waals surface area contributed by atoms with E-state index in [1.807, 2.05) is 0 Å². The van der Waals surface area contributed by atoms with Crippen LogP contribution in [-0.4, -0.2) is 16.1 Å². The fourth-order valence-electron chi connectivity index (χ4n) is 1.47. The Morgan fingerprint density at radius 1 is 1.53 bits per heavy atom. The molecular formula is C13H11ClFN3O. The molecule has 19 heavy (non-hydrogen) atoms. The third kappa shape index (κ3) is 3.20. The molecular weight excluding hydrogens is 269 g/mol. The van der Waals surface area contributed by atoms with Gasteiger partial charge in [-0.1, -0.05) is 17.7 Å². The average molecular weight is 280 g/mol. The van der Waals surface area contributed by atoms with Crippen LogP contribution in [0.25, 0.3) is 6.08 Å². The molecule has 0 saturated heterocycles. The van der Waals surface area contributed by atoms with Crippen LogP contribution in [0.4, 0.5) is 10.2 Å². The van der Waals surface area contributed by atoms with Crippen molar-refractivity contribution in [2.45, 2.75) is 6.92 Å². The lowest BCUT2D eigenvalue weighted by Crippen LogP contribution is -2.09. The van der Waals surface area contributed by atoms with Crippen LogP contribution in [0.2, 0.25) is 5.02 Å². The van der Waals surface area contributed by atoms with Gasteiger partial charge >= 0.3 is 0 Å². The summed E-state index contributed by atoms with van der Waals surface area (Å²) < 4.78 is 13.5. The molecule has 1 heterocycles. The Morgan fingerprint density at radius 3 is 2.95 bits per heavy atom. The van der Waals surface area contributed by atoms with E-state index in [2.05, 4.69) is 15.5 Å². The van der Waals surface area contributed by atoms with Crippen molar-refractivity contribution in [2.24, 2.45) is 0 Å². The van der Waals surface area contributed by atoms with E-state index < -0.39 is 11.7 Å². The van der Waals surface area contributed by atoms with Crippen LogP contribution in [0.15, 0.2) is 30.5 Å². The maximum Gasteiger partial charge on any atom is 0.249 e. The van der Waals surface area contributed by atoms with Crippen LogP contribution in [0, 0.1) is 12.7 Å². The van der Waals surface area contributed by atoms with Gasteiger partial charge in [-0.05, 0) is 25.1 Å². The van der Waals surface area contributed by atoms with Crippen LogP contribution in [0.5, 0.6) is 0 Å². The Morgan fingerprint density at radius 2 is 2.32 bits per heavy atom. The Hall–Kier alpha value is -2.14. The molecule has 0 aliphatic carbocycles. The number of rotatable bonds is 3. The van der Waals surface area contributed by atoms with Crippen LogP contribution in [-0.2, 0) is 4.79 Å². The molecule has 0 saturated carbocycles. The number of anilines is 1. The van der Waals surface area contributed by atoms with Crippen molar-refractivity contribution in [1.82, 2.24) is 10.2 Å². The molecule has 1 aromatic carbocycles. The van der Waals surface area contributed by atoms with E-state index >= 15 is 0 Å². The van der Waals surface area contributed by atoms with Crippen molar-refractivity contribution in [3.63, 3.8) is 0 Å². The van der Waals surface area contributed by atoms with Gasteiger partial charge < -0.3 is 5.32 Å². The third-order valence-electron chi connectivity index (χ3n) is 2.48. The minimum atomic E-state index is -0.478. The number of carbonyl (C=O) groups is 1. The standard InChI is InChI=1S/C13H11ClFN3O/c1-8-7-16-18-13(8)17-12(19)6-5-9-10(14)3-2-4-11(9)15/h2-7H,1H3,(H2,16,17,18,19)/b6-5+. The zero-order valence-electron chi connectivity index (χ0n) is 10.1. The van der Waals surface area contributed by atoms with Crippen LogP contribution >= 0.6 is 11.6 Å². The number of aromatic amines is 1. The monoisotopic (exact) mass is 279 g/mol. The molecule has 98 valence electrons. The first kappa shape index (κ1) is 13.3. The highest BCUT2D eigenvalue weighted by atomic mass is 35.5. The molecule has 6 heteroatoms. The SMILES string of the molecule is Cc1cn[nH]c1NC(=O)/C=C/c1c(F)cccc1Cl. The molecule has 0 spiro atoms. The molecule has 1 amide bonds. The normalized spacial score (nSPS) is 10.9. The molecule has 1 aromatic heterocycles. The Bertz CT molecular complexity index is 616. The summed E-state index contributed by atoms with van der Waals surface area (Å²) in [4.78, 5) is 11.6. The third-order valence-corrected chi connectivity index (χ3v) is 2.81. The average Bonchev–Trinajstić information content (AvgIpc) is 2.74. The van der Waals surface area contributed by atoms with Crippen LogP contribution in [0.3, 0.4) is 0 Å². The molecule has 0 aliphatic rings. The molecule has 0 bridgehead atoms. The van der Waals surface area contributed by atoms with Crippen molar-refractivity contribution in [3.05, 3.63) is 52.4 Å². The second-order valence-corrected chi connectivity index (χ2v) is 4.29. The number of nitrogens with one attached hydrogen (secondary N) is 2. The van der Waals surface area contributed by atoms with E-state index in [4.69, 9.17) is 11.6 Å². The zero-order valence-corrected chi connectivity index (χ0v) is 10.8. The van der Waals surface area contributed by atoms with Crippen molar-refractivity contribution in [2.75, 3.05) is 5.32 Å². The van der Waals surface area contributed by atoms with Gasteiger partial charge in [-0.3, -0.25) is 9.89 Å². The number of aryl methyl sites for hydroxylation is 1. The number of benzene rings is 1. The van der Waals surface area contributed by atoms with Crippen molar-refractivity contribution < 1.29 is 9.18 Å². The smallest absolute Gasteiger partial charge is 0.249 e. The van der Waals surface area contributed by atoms with Crippen molar-refractivity contribution in [1.29, 1.82) is 0 Å². The van der Waals surface area contributed by atoms with Gasteiger partial charge in [0.2, 0.25) is 5.91 Å². The second kappa shape index (κ2) is 5.67. The summed E-state index contributed by atoms with van der Waals surface area (Å²) in [5.74, 6) is -0.366. The zero-order chi connectivity index (χ0) is 13.8. The van der Waals surface area contributed by atoms with Crippen LogP contribution in [0.1, 0.15) is 11.1 Å². The largest absolute Gasteiger partial charge is 0.307 e. The van der Waals surface area contributed by atoms with E-state index in [1.54, 1.807) is 19.2 Å². The summed E-state index contributed by atoms with van der Waals surface area (Å²) in [6, 6.07) is 4.34. The molecule has 0 aliphatic heterocycles. The van der Waals surface area contributed by atoms with Gasteiger partial charge in [0.05, 0.1) is 11.2 Å². The first-order valence-corrected chi connectivity index (χ1v) is 5.89. The molecule has 2 N–H and O–H groups in total. The summed E-state index contributed by atoms with van der Waals surface area (Å²) in [6.45, 7) is 1.80. The van der Waals surface area contributed by atoms with Gasteiger partial charge in [0.1, 0.15) is 11.6 Å². The molecule has 0 unspecified atom stereocenters. The number of nitrogens with zero attached hydrogens (tertiary/aromatic N) is 1. The number of halogens is 2. The summed E-state index contributed by atoms with van der Waals surface area (Å²) in [6.07, 6.45) is 4.14. The fraction of sp³-hybridized carbons (Fsp3) is 0.0769. The first-order chi connectivity index (χ1) is 9.08. The summed E-state index contributed by atoms with van der Waals surface area (Å²) in [5.41, 5.74) is 0.992. The van der Waals surface area contributed by atoms with E-state index in [0.29, 0.717) is 5.82 Å². The van der Waals surface area contributed by atoms with Gasteiger partial charge in [-0.2, -0.15) is 5.10 Å². The second-order valence-electron chi connectivity index (χ2n) is 3.89. The quantitative estimate of drug-likeness (QED) is 0.848. The lowest BCUT2D eigenvalue weighted by Gasteiger charge is -2.01. The number of amides is 1. The fourth-order valence-corrected chi connectivity index (χ4v) is 1.69. The Labute approximate surface area is 114 Å².